The van der Waals surface area contributed by atoms with Crippen LogP contribution in [0.1, 0.15) is 30.9 Å². The predicted octanol–water partition coefficient (Wildman–Crippen LogP) is 2.33. The molecular formula is C11H16ClNO2. The maximum atomic E-state index is 9.35. The lowest BCUT2D eigenvalue weighted by Gasteiger charge is -2.23. The van der Waals surface area contributed by atoms with Gasteiger partial charge in [-0.15, -0.1) is 12.4 Å². The second-order valence-corrected chi connectivity index (χ2v) is 3.75. The summed E-state index contributed by atoms with van der Waals surface area (Å²) >= 11 is 0. The topological polar surface area (TPSA) is 52.5 Å². The molecule has 1 heterocycles. The molecule has 1 aromatic rings. The van der Waals surface area contributed by atoms with Gasteiger partial charge in [-0.3, -0.25) is 0 Å². The fourth-order valence-corrected chi connectivity index (χ4v) is 1.89. The summed E-state index contributed by atoms with van der Waals surface area (Å²) in [5, 5.41) is 21.9. The SMILES string of the molecule is Cl.Oc1ccc([C@H]2CCCCN2)cc1O. The summed E-state index contributed by atoms with van der Waals surface area (Å²) in [7, 11) is 0. The van der Waals surface area contributed by atoms with Gasteiger partial charge in [-0.05, 0) is 37.1 Å². The highest BCUT2D eigenvalue weighted by molar-refractivity contribution is 5.85. The minimum Gasteiger partial charge on any atom is -0.504 e. The summed E-state index contributed by atoms with van der Waals surface area (Å²) < 4.78 is 0. The van der Waals surface area contributed by atoms with Gasteiger partial charge in [0.2, 0.25) is 0 Å². The van der Waals surface area contributed by atoms with Crippen molar-refractivity contribution < 1.29 is 10.2 Å². The molecule has 0 bridgehead atoms. The first kappa shape index (κ1) is 12.1. The monoisotopic (exact) mass is 229 g/mol. The van der Waals surface area contributed by atoms with Gasteiger partial charge in [-0.1, -0.05) is 12.5 Å². The summed E-state index contributed by atoms with van der Waals surface area (Å²) in [4.78, 5) is 0. The van der Waals surface area contributed by atoms with Gasteiger partial charge in [0.05, 0.1) is 0 Å². The number of phenols is 2. The molecule has 2 rings (SSSR count). The Labute approximate surface area is 95.5 Å². The molecule has 4 heteroatoms. The van der Waals surface area contributed by atoms with Gasteiger partial charge in [0.15, 0.2) is 11.5 Å². The minimum atomic E-state index is -0.0513. The molecular weight excluding hydrogens is 214 g/mol. The van der Waals surface area contributed by atoms with Gasteiger partial charge < -0.3 is 15.5 Å². The highest BCUT2D eigenvalue weighted by Gasteiger charge is 2.15. The highest BCUT2D eigenvalue weighted by Crippen LogP contribution is 2.30. The Bertz CT molecular complexity index is 324. The molecule has 0 spiro atoms. The van der Waals surface area contributed by atoms with E-state index in [2.05, 4.69) is 5.32 Å². The Morgan fingerprint density at radius 3 is 2.53 bits per heavy atom. The van der Waals surface area contributed by atoms with Crippen molar-refractivity contribution >= 4 is 12.4 Å². The lowest BCUT2D eigenvalue weighted by atomic mass is 9.97. The summed E-state index contributed by atoms with van der Waals surface area (Å²) in [6, 6.07) is 5.37. The lowest BCUT2D eigenvalue weighted by molar-refractivity contribution is 0.393. The van der Waals surface area contributed by atoms with E-state index < -0.39 is 0 Å². The Morgan fingerprint density at radius 2 is 1.93 bits per heavy atom. The number of aromatic hydroxyl groups is 2. The average molecular weight is 230 g/mol. The molecule has 1 aliphatic rings. The van der Waals surface area contributed by atoms with Crippen molar-refractivity contribution in [2.75, 3.05) is 6.54 Å². The molecule has 15 heavy (non-hydrogen) atoms. The van der Waals surface area contributed by atoms with E-state index in [9.17, 15) is 10.2 Å². The summed E-state index contributed by atoms with van der Waals surface area (Å²) in [6.07, 6.45) is 3.55. The fraction of sp³-hybridized carbons (Fsp3) is 0.455. The summed E-state index contributed by atoms with van der Waals surface area (Å²) in [6.45, 7) is 1.03. The summed E-state index contributed by atoms with van der Waals surface area (Å²) in [5.74, 6) is -0.0839. The molecule has 1 aliphatic heterocycles. The third-order valence-electron chi connectivity index (χ3n) is 2.71. The quantitative estimate of drug-likeness (QED) is 0.648. The molecule has 1 aromatic carbocycles. The van der Waals surface area contributed by atoms with Crippen LogP contribution in [0.4, 0.5) is 0 Å². The maximum Gasteiger partial charge on any atom is 0.157 e. The van der Waals surface area contributed by atoms with E-state index in [1.165, 1.54) is 12.8 Å². The van der Waals surface area contributed by atoms with Crippen LogP contribution < -0.4 is 5.32 Å². The van der Waals surface area contributed by atoms with Gasteiger partial charge in [-0.2, -0.15) is 0 Å². The molecule has 3 N–H and O–H groups in total. The molecule has 0 aromatic heterocycles. The third kappa shape index (κ3) is 2.76. The number of piperidine rings is 1. The largest absolute Gasteiger partial charge is 0.504 e. The van der Waals surface area contributed by atoms with Crippen LogP contribution in [0.15, 0.2) is 18.2 Å². The smallest absolute Gasteiger partial charge is 0.157 e. The van der Waals surface area contributed by atoms with Gasteiger partial charge >= 0.3 is 0 Å². The van der Waals surface area contributed by atoms with Crippen molar-refractivity contribution in [2.45, 2.75) is 25.3 Å². The van der Waals surface area contributed by atoms with Crippen molar-refractivity contribution in [1.82, 2.24) is 5.32 Å². The minimum absolute atomic E-state index is 0. The Balaban J connectivity index is 0.00000112. The van der Waals surface area contributed by atoms with Crippen LogP contribution in [0.5, 0.6) is 11.5 Å². The first-order valence-electron chi connectivity index (χ1n) is 5.02. The van der Waals surface area contributed by atoms with Gasteiger partial charge in [-0.25, -0.2) is 0 Å². The van der Waals surface area contributed by atoms with E-state index in [4.69, 9.17) is 0 Å². The van der Waals surface area contributed by atoms with Crippen molar-refractivity contribution in [3.05, 3.63) is 23.8 Å². The standard InChI is InChI=1S/C11H15NO2.ClH/c13-10-5-4-8(7-11(10)14)9-3-1-2-6-12-9;/h4-5,7,9,12-14H,1-3,6H2;1H/t9-;/m1./s1. The van der Waals surface area contributed by atoms with Crippen LogP contribution in [-0.4, -0.2) is 16.8 Å². The van der Waals surface area contributed by atoms with Crippen molar-refractivity contribution in [1.29, 1.82) is 0 Å². The predicted molar refractivity (Wildman–Crippen MR) is 61.6 cm³/mol. The lowest BCUT2D eigenvalue weighted by Crippen LogP contribution is -2.26. The molecule has 0 amide bonds. The first-order valence-corrected chi connectivity index (χ1v) is 5.02. The van der Waals surface area contributed by atoms with Crippen LogP contribution in [0.2, 0.25) is 0 Å². The third-order valence-corrected chi connectivity index (χ3v) is 2.71. The van der Waals surface area contributed by atoms with Gasteiger partial charge in [0, 0.05) is 6.04 Å². The van der Waals surface area contributed by atoms with Crippen LogP contribution in [0.3, 0.4) is 0 Å². The van der Waals surface area contributed by atoms with Gasteiger partial charge in [0.1, 0.15) is 0 Å². The zero-order valence-electron chi connectivity index (χ0n) is 8.44. The van der Waals surface area contributed by atoms with Crippen LogP contribution in [0, 0.1) is 0 Å². The number of benzene rings is 1. The molecule has 1 atom stereocenters. The van der Waals surface area contributed by atoms with E-state index in [-0.39, 0.29) is 23.9 Å². The average Bonchev–Trinajstić information content (AvgIpc) is 2.23. The molecule has 84 valence electrons. The zero-order chi connectivity index (χ0) is 9.97. The summed E-state index contributed by atoms with van der Waals surface area (Å²) in [5.41, 5.74) is 1.06. The van der Waals surface area contributed by atoms with Crippen LogP contribution in [-0.2, 0) is 0 Å². The molecule has 0 unspecified atom stereocenters. The molecule has 1 fully saturated rings. The Morgan fingerprint density at radius 1 is 1.13 bits per heavy atom. The Hall–Kier alpha value is -0.930. The van der Waals surface area contributed by atoms with Gasteiger partial charge in [0.25, 0.3) is 0 Å². The van der Waals surface area contributed by atoms with Crippen LogP contribution in [0.25, 0.3) is 0 Å². The molecule has 1 saturated heterocycles. The normalized spacial score (nSPS) is 20.7. The second kappa shape index (κ2) is 5.24. The van der Waals surface area contributed by atoms with Crippen molar-refractivity contribution in [3.8, 4) is 11.5 Å². The zero-order valence-corrected chi connectivity index (χ0v) is 9.26. The van der Waals surface area contributed by atoms with E-state index in [1.54, 1.807) is 12.1 Å². The molecule has 0 aliphatic carbocycles. The molecule has 0 saturated carbocycles. The number of halogens is 1. The second-order valence-electron chi connectivity index (χ2n) is 3.75. The molecule has 0 radical (unpaired) electrons. The number of hydrogen-bond acceptors (Lipinski definition) is 3. The first-order chi connectivity index (χ1) is 6.77. The maximum absolute atomic E-state index is 9.35. The van der Waals surface area contributed by atoms with E-state index >= 15 is 0 Å². The van der Waals surface area contributed by atoms with Crippen molar-refractivity contribution in [3.63, 3.8) is 0 Å². The number of rotatable bonds is 1. The molecule has 3 nitrogen and oxygen atoms in total. The fourth-order valence-electron chi connectivity index (χ4n) is 1.89. The van der Waals surface area contributed by atoms with Crippen LogP contribution >= 0.6 is 12.4 Å². The van der Waals surface area contributed by atoms with E-state index in [1.807, 2.05) is 6.07 Å². The van der Waals surface area contributed by atoms with E-state index in [0.717, 1.165) is 18.5 Å². The number of hydrogen-bond donors (Lipinski definition) is 3. The van der Waals surface area contributed by atoms with E-state index in [0.29, 0.717) is 6.04 Å². The Kier molecular flexibility index (Phi) is 4.24. The number of nitrogens with one attached hydrogen (secondary N) is 1. The number of phenolic OH excluding ortho intramolecular Hbond substituents is 2. The highest BCUT2D eigenvalue weighted by atomic mass is 35.5. The van der Waals surface area contributed by atoms with Crippen molar-refractivity contribution in [2.24, 2.45) is 0 Å².